The summed E-state index contributed by atoms with van der Waals surface area (Å²) in [6, 6.07) is 0.548. The van der Waals surface area contributed by atoms with Crippen LogP contribution in [-0.4, -0.2) is 58.5 Å². The molecule has 0 N–H and O–H groups in total. The van der Waals surface area contributed by atoms with Crippen LogP contribution in [0.2, 0.25) is 0 Å². The van der Waals surface area contributed by atoms with Crippen LogP contribution < -0.4 is 4.90 Å². The zero-order valence-electron chi connectivity index (χ0n) is 19.3. The van der Waals surface area contributed by atoms with Crippen LogP contribution in [0.3, 0.4) is 0 Å². The van der Waals surface area contributed by atoms with Gasteiger partial charge in [-0.25, -0.2) is 19.9 Å². The standard InChI is InChI=1S/C23H27N9O/c1-13-9-31(11-19(33-13)16-7-25-32(10-16)17-5-6-17)23-28-20(18-8-24-12-30(18)4)21-22(29-23)27-15(3)14(2)26-21/h7-8,10,12-13,17,19H,5-6,9,11H2,1-4H3/t13-,19-/m0/s1. The highest BCUT2D eigenvalue weighted by atomic mass is 16.5. The van der Waals surface area contributed by atoms with Gasteiger partial charge in [0.2, 0.25) is 5.95 Å². The van der Waals surface area contributed by atoms with Gasteiger partial charge in [0.05, 0.1) is 54.5 Å². The maximum absolute atomic E-state index is 6.29. The molecule has 10 heteroatoms. The third kappa shape index (κ3) is 3.64. The van der Waals surface area contributed by atoms with Gasteiger partial charge in [-0.3, -0.25) is 4.68 Å². The number of ether oxygens (including phenoxy) is 1. The van der Waals surface area contributed by atoms with Crippen molar-refractivity contribution < 1.29 is 4.74 Å². The van der Waals surface area contributed by atoms with Crippen LogP contribution in [-0.2, 0) is 11.8 Å². The molecule has 4 aromatic rings. The molecule has 1 aliphatic carbocycles. The van der Waals surface area contributed by atoms with Gasteiger partial charge < -0.3 is 14.2 Å². The van der Waals surface area contributed by atoms with Gasteiger partial charge in [-0.15, -0.1) is 0 Å². The van der Waals surface area contributed by atoms with Crippen molar-refractivity contribution in [2.45, 2.75) is 51.9 Å². The van der Waals surface area contributed by atoms with Crippen molar-refractivity contribution in [3.8, 4) is 11.4 Å². The number of nitrogens with zero attached hydrogens (tertiary/aromatic N) is 9. The molecule has 2 fully saturated rings. The molecule has 0 amide bonds. The highest BCUT2D eigenvalue weighted by Crippen LogP contribution is 2.36. The van der Waals surface area contributed by atoms with E-state index in [1.165, 1.54) is 12.8 Å². The topological polar surface area (TPSA) is 99.7 Å². The zero-order chi connectivity index (χ0) is 22.7. The molecule has 0 spiro atoms. The fraction of sp³-hybridized carbons (Fsp3) is 0.478. The molecule has 170 valence electrons. The number of aromatic nitrogens is 8. The lowest BCUT2D eigenvalue weighted by Crippen LogP contribution is -2.43. The summed E-state index contributed by atoms with van der Waals surface area (Å²) < 4.78 is 10.3. The van der Waals surface area contributed by atoms with Gasteiger partial charge in [-0.05, 0) is 33.6 Å². The summed E-state index contributed by atoms with van der Waals surface area (Å²) >= 11 is 0. The predicted molar refractivity (Wildman–Crippen MR) is 123 cm³/mol. The Labute approximate surface area is 191 Å². The predicted octanol–water partition coefficient (Wildman–Crippen LogP) is 2.93. The van der Waals surface area contributed by atoms with Gasteiger partial charge in [0.15, 0.2) is 5.65 Å². The molecule has 1 aliphatic heterocycles. The number of morpholine rings is 1. The molecule has 5 heterocycles. The van der Waals surface area contributed by atoms with Crippen molar-refractivity contribution in [3.05, 3.63) is 41.9 Å². The molecule has 0 aromatic carbocycles. The number of hydrogen-bond donors (Lipinski definition) is 0. The minimum Gasteiger partial charge on any atom is -0.367 e. The van der Waals surface area contributed by atoms with Gasteiger partial charge in [-0.1, -0.05) is 0 Å². The van der Waals surface area contributed by atoms with Crippen LogP contribution in [0.1, 0.15) is 48.9 Å². The summed E-state index contributed by atoms with van der Waals surface area (Å²) in [5, 5.41) is 4.55. The summed E-state index contributed by atoms with van der Waals surface area (Å²) in [6.45, 7) is 7.34. The maximum Gasteiger partial charge on any atom is 0.228 e. The summed E-state index contributed by atoms with van der Waals surface area (Å²) in [5.74, 6) is 0.631. The number of fused-ring (bicyclic) bond motifs is 1. The first kappa shape index (κ1) is 20.2. The Morgan fingerprint density at radius 3 is 2.58 bits per heavy atom. The summed E-state index contributed by atoms with van der Waals surface area (Å²) in [6.07, 6.45) is 9.97. The number of rotatable bonds is 4. The zero-order valence-corrected chi connectivity index (χ0v) is 19.3. The van der Waals surface area contributed by atoms with Crippen LogP contribution in [0.25, 0.3) is 22.6 Å². The van der Waals surface area contributed by atoms with Gasteiger partial charge >= 0.3 is 0 Å². The Kier molecular flexibility index (Phi) is 4.65. The molecule has 1 saturated carbocycles. The average molecular weight is 446 g/mol. The molecule has 2 atom stereocenters. The van der Waals surface area contributed by atoms with E-state index < -0.39 is 0 Å². The molecule has 1 saturated heterocycles. The molecule has 10 nitrogen and oxygen atoms in total. The van der Waals surface area contributed by atoms with Crippen molar-refractivity contribution in [2.24, 2.45) is 7.05 Å². The van der Waals surface area contributed by atoms with E-state index in [0.717, 1.165) is 28.3 Å². The fourth-order valence-corrected chi connectivity index (χ4v) is 4.36. The number of aryl methyl sites for hydroxylation is 3. The molecule has 6 rings (SSSR count). The lowest BCUT2D eigenvalue weighted by Gasteiger charge is -2.36. The number of anilines is 1. The first-order valence-electron chi connectivity index (χ1n) is 11.4. The molecular weight excluding hydrogens is 418 g/mol. The van der Waals surface area contributed by atoms with Crippen molar-refractivity contribution in [1.29, 1.82) is 0 Å². The van der Waals surface area contributed by atoms with E-state index in [2.05, 4.69) is 32.8 Å². The van der Waals surface area contributed by atoms with Crippen molar-refractivity contribution >= 4 is 17.1 Å². The monoisotopic (exact) mass is 445 g/mol. The Bertz CT molecular complexity index is 1340. The molecule has 2 aliphatic rings. The molecule has 0 bridgehead atoms. The minimum atomic E-state index is -0.0912. The van der Waals surface area contributed by atoms with E-state index in [4.69, 9.17) is 24.7 Å². The Morgan fingerprint density at radius 1 is 1.00 bits per heavy atom. The van der Waals surface area contributed by atoms with Gasteiger partial charge in [0.25, 0.3) is 0 Å². The van der Waals surface area contributed by atoms with Gasteiger partial charge in [-0.2, -0.15) is 10.1 Å². The van der Waals surface area contributed by atoms with Crippen LogP contribution in [0.4, 0.5) is 5.95 Å². The van der Waals surface area contributed by atoms with E-state index in [1.807, 2.05) is 31.7 Å². The summed E-state index contributed by atoms with van der Waals surface area (Å²) in [5.41, 5.74) is 5.73. The molecule has 0 radical (unpaired) electrons. The first-order chi connectivity index (χ1) is 16.0. The molecule has 4 aromatic heterocycles. The van der Waals surface area contributed by atoms with Gasteiger partial charge in [0.1, 0.15) is 17.3 Å². The Balaban J connectivity index is 1.41. The van der Waals surface area contributed by atoms with Crippen molar-refractivity contribution in [3.63, 3.8) is 0 Å². The lowest BCUT2D eigenvalue weighted by atomic mass is 10.1. The van der Waals surface area contributed by atoms with Crippen LogP contribution >= 0.6 is 0 Å². The minimum absolute atomic E-state index is 0.0262. The van der Waals surface area contributed by atoms with Crippen LogP contribution in [0.5, 0.6) is 0 Å². The largest absolute Gasteiger partial charge is 0.367 e. The summed E-state index contributed by atoms with van der Waals surface area (Å²) in [4.78, 5) is 25.8. The van der Waals surface area contributed by atoms with E-state index in [0.29, 0.717) is 36.2 Å². The van der Waals surface area contributed by atoms with Crippen molar-refractivity contribution in [1.82, 2.24) is 39.3 Å². The summed E-state index contributed by atoms with van der Waals surface area (Å²) in [7, 11) is 1.95. The van der Waals surface area contributed by atoms with E-state index in [9.17, 15) is 0 Å². The van der Waals surface area contributed by atoms with E-state index in [1.54, 1.807) is 12.5 Å². The highest BCUT2D eigenvalue weighted by Gasteiger charge is 2.31. The molecule has 0 unspecified atom stereocenters. The van der Waals surface area contributed by atoms with Gasteiger partial charge in [0, 0.05) is 25.4 Å². The molecular formula is C23H27N9O. The SMILES string of the molecule is Cc1nc2nc(N3C[C@@H](c4cnn(C5CC5)c4)O[C@@H](C)C3)nc(-c3cncn3C)c2nc1C. The lowest BCUT2D eigenvalue weighted by molar-refractivity contribution is -0.0178. The average Bonchev–Trinajstić information content (AvgIpc) is 3.36. The third-order valence-corrected chi connectivity index (χ3v) is 6.45. The normalized spacial score (nSPS) is 21.2. The van der Waals surface area contributed by atoms with E-state index in [-0.39, 0.29) is 12.2 Å². The van der Waals surface area contributed by atoms with Crippen LogP contribution in [0.15, 0.2) is 24.9 Å². The second-order valence-electron chi connectivity index (χ2n) is 9.15. The Morgan fingerprint density at radius 2 is 1.82 bits per heavy atom. The Hall–Kier alpha value is -3.40. The van der Waals surface area contributed by atoms with Crippen LogP contribution in [0, 0.1) is 13.8 Å². The second kappa shape index (κ2) is 7.58. The smallest absolute Gasteiger partial charge is 0.228 e. The number of imidazole rings is 1. The third-order valence-electron chi connectivity index (χ3n) is 6.45. The first-order valence-corrected chi connectivity index (χ1v) is 11.4. The quantitative estimate of drug-likeness (QED) is 0.473. The van der Waals surface area contributed by atoms with E-state index >= 15 is 0 Å². The number of hydrogen-bond acceptors (Lipinski definition) is 8. The second-order valence-corrected chi connectivity index (χ2v) is 9.15. The highest BCUT2D eigenvalue weighted by molar-refractivity contribution is 5.86. The fourth-order valence-electron chi connectivity index (χ4n) is 4.36. The van der Waals surface area contributed by atoms with Crippen molar-refractivity contribution in [2.75, 3.05) is 18.0 Å². The molecule has 33 heavy (non-hydrogen) atoms. The maximum atomic E-state index is 6.29.